The van der Waals surface area contributed by atoms with Crippen LogP contribution < -0.4 is 4.90 Å². The summed E-state index contributed by atoms with van der Waals surface area (Å²) >= 11 is 0. The van der Waals surface area contributed by atoms with Crippen LogP contribution >= 0.6 is 0 Å². The van der Waals surface area contributed by atoms with Gasteiger partial charge >= 0.3 is 0 Å². The Hall–Kier alpha value is -2.96. The van der Waals surface area contributed by atoms with Crippen LogP contribution in [-0.4, -0.2) is 56.7 Å². The highest BCUT2D eigenvalue weighted by molar-refractivity contribution is 5.84. The van der Waals surface area contributed by atoms with E-state index in [1.165, 1.54) is 10.9 Å². The molecule has 0 bridgehead atoms. The third-order valence-corrected chi connectivity index (χ3v) is 5.11. The second-order valence-electron chi connectivity index (χ2n) is 7.05. The highest BCUT2D eigenvalue weighted by Gasteiger charge is 2.23. The van der Waals surface area contributed by atoms with E-state index in [0.717, 1.165) is 30.2 Å². The Morgan fingerprint density at radius 3 is 2.48 bits per heavy atom. The van der Waals surface area contributed by atoms with Crippen molar-refractivity contribution in [2.24, 2.45) is 0 Å². The first-order valence-corrected chi connectivity index (χ1v) is 9.28. The summed E-state index contributed by atoms with van der Waals surface area (Å²) in [5.41, 5.74) is 2.24. The van der Waals surface area contributed by atoms with Gasteiger partial charge in [-0.15, -0.1) is 0 Å². The van der Waals surface area contributed by atoms with E-state index < -0.39 is 0 Å². The summed E-state index contributed by atoms with van der Waals surface area (Å²) in [6.07, 6.45) is 0. The van der Waals surface area contributed by atoms with Gasteiger partial charge in [-0.2, -0.15) is 5.10 Å². The Morgan fingerprint density at radius 2 is 1.78 bits per heavy atom. The van der Waals surface area contributed by atoms with Crippen molar-refractivity contribution in [2.45, 2.75) is 27.3 Å². The number of anilines is 1. The first kappa shape index (κ1) is 17.5. The largest absolute Gasteiger partial charge is 0.353 e. The fourth-order valence-electron chi connectivity index (χ4n) is 3.62. The number of pyridine rings is 1. The predicted octanol–water partition coefficient (Wildman–Crippen LogP) is 2.10. The van der Waals surface area contributed by atoms with Gasteiger partial charge in [0.25, 0.3) is 0 Å². The molecule has 0 spiro atoms. The molecule has 140 valence electrons. The number of hydrogen-bond acceptors (Lipinski definition) is 5. The Kier molecular flexibility index (Phi) is 4.51. The minimum atomic E-state index is 0.0882. The van der Waals surface area contributed by atoms with Crippen LogP contribution in [0.2, 0.25) is 0 Å². The number of amides is 1. The molecule has 3 heterocycles. The van der Waals surface area contributed by atoms with E-state index in [0.29, 0.717) is 18.9 Å². The number of aromatic nitrogens is 4. The molecule has 0 radical (unpaired) electrons. The molecule has 1 saturated heterocycles. The summed E-state index contributed by atoms with van der Waals surface area (Å²) in [4.78, 5) is 25.8. The third-order valence-electron chi connectivity index (χ3n) is 5.11. The van der Waals surface area contributed by atoms with Gasteiger partial charge in [-0.1, -0.05) is 18.2 Å². The Labute approximate surface area is 158 Å². The zero-order valence-corrected chi connectivity index (χ0v) is 16.0. The molecule has 0 saturated carbocycles. The number of aryl methyl sites for hydroxylation is 3. The van der Waals surface area contributed by atoms with Crippen LogP contribution in [-0.2, 0) is 11.3 Å². The normalized spacial score (nSPS) is 14.8. The lowest BCUT2D eigenvalue weighted by atomic mass is 10.1. The maximum absolute atomic E-state index is 12.6. The van der Waals surface area contributed by atoms with E-state index in [9.17, 15) is 4.79 Å². The molecular formula is C20H24N6O. The van der Waals surface area contributed by atoms with Gasteiger partial charge in [0.1, 0.15) is 24.0 Å². The molecule has 0 atom stereocenters. The van der Waals surface area contributed by atoms with Crippen molar-refractivity contribution in [3.05, 3.63) is 47.5 Å². The quantitative estimate of drug-likeness (QED) is 0.712. The molecule has 1 fully saturated rings. The summed E-state index contributed by atoms with van der Waals surface area (Å²) < 4.78 is 1.68. The molecule has 3 aromatic rings. The molecule has 27 heavy (non-hydrogen) atoms. The summed E-state index contributed by atoms with van der Waals surface area (Å²) in [5, 5.41) is 5.47. The van der Waals surface area contributed by atoms with Gasteiger partial charge in [0.05, 0.1) is 5.52 Å². The fraction of sp³-hybridized carbons (Fsp3) is 0.400. The minimum Gasteiger partial charge on any atom is -0.353 e. The molecule has 0 unspecified atom stereocenters. The van der Waals surface area contributed by atoms with Crippen molar-refractivity contribution < 1.29 is 4.79 Å². The first-order chi connectivity index (χ1) is 13.0. The molecule has 2 aromatic heterocycles. The predicted molar refractivity (Wildman–Crippen MR) is 105 cm³/mol. The van der Waals surface area contributed by atoms with Gasteiger partial charge < -0.3 is 9.80 Å². The van der Waals surface area contributed by atoms with Crippen LogP contribution in [0.4, 0.5) is 5.82 Å². The number of hydrogen-bond donors (Lipinski definition) is 0. The topological polar surface area (TPSA) is 67.2 Å². The smallest absolute Gasteiger partial charge is 0.244 e. The van der Waals surface area contributed by atoms with Crippen molar-refractivity contribution in [3.63, 3.8) is 0 Å². The number of nitrogens with zero attached hydrogens (tertiary/aromatic N) is 6. The van der Waals surface area contributed by atoms with Crippen LogP contribution in [0.25, 0.3) is 10.9 Å². The molecule has 0 N–H and O–H groups in total. The molecule has 1 aliphatic rings. The third kappa shape index (κ3) is 3.49. The van der Waals surface area contributed by atoms with Gasteiger partial charge in [-0.05, 0) is 38.5 Å². The van der Waals surface area contributed by atoms with Gasteiger partial charge in [0, 0.05) is 31.6 Å². The molecule has 1 amide bonds. The van der Waals surface area contributed by atoms with Crippen LogP contribution in [0, 0.1) is 20.8 Å². The van der Waals surface area contributed by atoms with Crippen LogP contribution in [0.15, 0.2) is 30.3 Å². The molecule has 4 rings (SSSR count). The maximum Gasteiger partial charge on any atom is 0.244 e. The number of carbonyl (C=O) groups is 1. The van der Waals surface area contributed by atoms with E-state index in [4.69, 9.17) is 4.98 Å². The number of fused-ring (bicyclic) bond motifs is 1. The van der Waals surface area contributed by atoms with E-state index in [1.54, 1.807) is 4.68 Å². The fourth-order valence-corrected chi connectivity index (χ4v) is 3.62. The number of piperazine rings is 1. The number of rotatable bonds is 3. The molecule has 1 aromatic carbocycles. The Morgan fingerprint density at radius 1 is 1.04 bits per heavy atom. The van der Waals surface area contributed by atoms with Crippen molar-refractivity contribution >= 4 is 22.6 Å². The summed E-state index contributed by atoms with van der Waals surface area (Å²) in [6, 6.07) is 10.4. The van der Waals surface area contributed by atoms with Crippen molar-refractivity contribution in [2.75, 3.05) is 31.1 Å². The van der Waals surface area contributed by atoms with Gasteiger partial charge in [-0.25, -0.2) is 14.6 Å². The maximum atomic E-state index is 12.6. The van der Waals surface area contributed by atoms with E-state index in [2.05, 4.69) is 34.0 Å². The molecule has 7 nitrogen and oxygen atoms in total. The molecule has 1 aliphatic heterocycles. The average Bonchev–Trinajstić information content (AvgIpc) is 2.98. The van der Waals surface area contributed by atoms with Crippen LogP contribution in [0.1, 0.15) is 17.2 Å². The molecule has 0 aliphatic carbocycles. The van der Waals surface area contributed by atoms with E-state index in [-0.39, 0.29) is 12.5 Å². The van der Waals surface area contributed by atoms with Gasteiger partial charge in [0.2, 0.25) is 5.91 Å². The zero-order chi connectivity index (χ0) is 19.0. The van der Waals surface area contributed by atoms with Crippen molar-refractivity contribution in [1.29, 1.82) is 0 Å². The van der Waals surface area contributed by atoms with Gasteiger partial charge in [0.15, 0.2) is 0 Å². The van der Waals surface area contributed by atoms with Crippen molar-refractivity contribution in [1.82, 2.24) is 24.6 Å². The van der Waals surface area contributed by atoms with Gasteiger partial charge in [-0.3, -0.25) is 4.79 Å². The zero-order valence-electron chi connectivity index (χ0n) is 16.0. The molecular weight excluding hydrogens is 340 g/mol. The highest BCUT2D eigenvalue weighted by Crippen LogP contribution is 2.23. The second-order valence-corrected chi connectivity index (χ2v) is 7.05. The first-order valence-electron chi connectivity index (χ1n) is 9.28. The van der Waals surface area contributed by atoms with Crippen LogP contribution in [0.3, 0.4) is 0 Å². The lowest BCUT2D eigenvalue weighted by molar-refractivity contribution is -0.132. The lowest BCUT2D eigenvalue weighted by Gasteiger charge is -2.35. The number of benzene rings is 1. The minimum absolute atomic E-state index is 0.0882. The lowest BCUT2D eigenvalue weighted by Crippen LogP contribution is -2.50. The average molecular weight is 364 g/mol. The highest BCUT2D eigenvalue weighted by atomic mass is 16.2. The van der Waals surface area contributed by atoms with E-state index >= 15 is 0 Å². The standard InChI is InChI=1S/C20H24N6O/c1-14-12-19(22-18-7-5-4-6-17(14)18)24-8-10-25(11-9-24)20(27)13-26-16(3)21-15(2)23-26/h4-7,12H,8-11,13H2,1-3H3. The number of carbonyl (C=O) groups excluding carboxylic acids is 1. The summed E-state index contributed by atoms with van der Waals surface area (Å²) in [7, 11) is 0. The van der Waals surface area contributed by atoms with E-state index in [1.807, 2.05) is 36.9 Å². The SMILES string of the molecule is Cc1nc(C)n(CC(=O)N2CCN(c3cc(C)c4ccccc4n3)CC2)n1. The summed E-state index contributed by atoms with van der Waals surface area (Å²) in [5.74, 6) is 2.55. The monoisotopic (exact) mass is 364 g/mol. The van der Waals surface area contributed by atoms with Crippen molar-refractivity contribution in [3.8, 4) is 0 Å². The molecule has 7 heteroatoms. The Bertz CT molecular complexity index is 987. The Balaban J connectivity index is 1.43. The number of para-hydroxylation sites is 1. The summed E-state index contributed by atoms with van der Waals surface area (Å²) in [6.45, 7) is 9.04. The van der Waals surface area contributed by atoms with Crippen LogP contribution in [0.5, 0.6) is 0 Å². The second kappa shape index (κ2) is 6.98.